The van der Waals surface area contributed by atoms with Crippen LogP contribution in [0.1, 0.15) is 28.8 Å². The van der Waals surface area contributed by atoms with Crippen LogP contribution in [0.25, 0.3) is 0 Å². The molecule has 0 aliphatic carbocycles. The average molecular weight is 259 g/mol. The largest absolute Gasteiger partial charge is 0.399 e. The van der Waals surface area contributed by atoms with Crippen LogP contribution in [0.2, 0.25) is 0 Å². The van der Waals surface area contributed by atoms with E-state index in [0.717, 1.165) is 31.5 Å². The van der Waals surface area contributed by atoms with E-state index in [0.29, 0.717) is 17.8 Å². The molecule has 3 rings (SSSR count). The molecular weight excluding hydrogens is 242 g/mol. The molecule has 100 valence electrons. The number of nitrogen functional groups attached to an aromatic ring is 1. The SMILES string of the molecule is Nc1ccc2c(c1)C(=O)N(CC(=O)N1CCCC1)C2. The smallest absolute Gasteiger partial charge is 0.255 e. The van der Waals surface area contributed by atoms with E-state index in [4.69, 9.17) is 5.73 Å². The molecule has 0 bridgehead atoms. The lowest BCUT2D eigenvalue weighted by atomic mass is 10.1. The van der Waals surface area contributed by atoms with E-state index < -0.39 is 0 Å². The average Bonchev–Trinajstić information content (AvgIpc) is 3.00. The van der Waals surface area contributed by atoms with Gasteiger partial charge in [0.2, 0.25) is 5.91 Å². The molecule has 2 N–H and O–H groups in total. The third kappa shape index (κ3) is 2.16. The van der Waals surface area contributed by atoms with Crippen molar-refractivity contribution in [3.63, 3.8) is 0 Å². The maximum atomic E-state index is 12.2. The molecule has 1 aromatic carbocycles. The highest BCUT2D eigenvalue weighted by Gasteiger charge is 2.30. The molecule has 0 radical (unpaired) electrons. The summed E-state index contributed by atoms with van der Waals surface area (Å²) in [7, 11) is 0. The van der Waals surface area contributed by atoms with Crippen molar-refractivity contribution < 1.29 is 9.59 Å². The van der Waals surface area contributed by atoms with Gasteiger partial charge in [0.1, 0.15) is 6.54 Å². The summed E-state index contributed by atoms with van der Waals surface area (Å²) in [5.41, 5.74) is 7.86. The fourth-order valence-electron chi connectivity index (χ4n) is 2.74. The number of rotatable bonds is 2. The van der Waals surface area contributed by atoms with Crippen molar-refractivity contribution in [2.45, 2.75) is 19.4 Å². The first kappa shape index (κ1) is 12.0. The second-order valence-electron chi connectivity index (χ2n) is 5.17. The second-order valence-corrected chi connectivity index (χ2v) is 5.17. The number of hydrogen-bond donors (Lipinski definition) is 1. The molecular formula is C14H17N3O2. The predicted molar refractivity (Wildman–Crippen MR) is 71.4 cm³/mol. The first-order valence-corrected chi connectivity index (χ1v) is 6.60. The summed E-state index contributed by atoms with van der Waals surface area (Å²) in [4.78, 5) is 27.7. The van der Waals surface area contributed by atoms with Crippen LogP contribution in [-0.2, 0) is 11.3 Å². The minimum absolute atomic E-state index is 0.0478. The number of fused-ring (bicyclic) bond motifs is 1. The molecule has 2 amide bonds. The lowest BCUT2D eigenvalue weighted by molar-refractivity contribution is -0.130. The van der Waals surface area contributed by atoms with Crippen LogP contribution in [0.3, 0.4) is 0 Å². The van der Waals surface area contributed by atoms with E-state index in [9.17, 15) is 9.59 Å². The summed E-state index contributed by atoms with van der Waals surface area (Å²) < 4.78 is 0. The van der Waals surface area contributed by atoms with Crippen LogP contribution in [-0.4, -0.2) is 41.2 Å². The normalized spacial score (nSPS) is 18.0. The highest BCUT2D eigenvalue weighted by atomic mass is 16.2. The summed E-state index contributed by atoms with van der Waals surface area (Å²) in [5.74, 6) is -0.0403. The number of nitrogens with two attached hydrogens (primary N) is 1. The summed E-state index contributed by atoms with van der Waals surface area (Å²) in [6.07, 6.45) is 2.13. The van der Waals surface area contributed by atoms with E-state index in [1.807, 2.05) is 11.0 Å². The van der Waals surface area contributed by atoms with Gasteiger partial charge in [-0.1, -0.05) is 6.07 Å². The zero-order valence-corrected chi connectivity index (χ0v) is 10.8. The molecule has 19 heavy (non-hydrogen) atoms. The quantitative estimate of drug-likeness (QED) is 0.801. The first-order chi connectivity index (χ1) is 9.15. The highest BCUT2D eigenvalue weighted by Crippen LogP contribution is 2.24. The van der Waals surface area contributed by atoms with Crippen molar-refractivity contribution in [3.8, 4) is 0 Å². The van der Waals surface area contributed by atoms with E-state index in [2.05, 4.69) is 0 Å². The van der Waals surface area contributed by atoms with Crippen LogP contribution < -0.4 is 5.73 Å². The van der Waals surface area contributed by atoms with E-state index in [1.165, 1.54) is 0 Å². The number of hydrogen-bond acceptors (Lipinski definition) is 3. The molecule has 1 fully saturated rings. The van der Waals surface area contributed by atoms with E-state index >= 15 is 0 Å². The van der Waals surface area contributed by atoms with Gasteiger partial charge in [-0.3, -0.25) is 9.59 Å². The maximum Gasteiger partial charge on any atom is 0.255 e. The van der Waals surface area contributed by atoms with Crippen LogP contribution in [0.4, 0.5) is 5.69 Å². The Morgan fingerprint density at radius 1 is 1.26 bits per heavy atom. The Labute approximate surface area is 112 Å². The van der Waals surface area contributed by atoms with Gasteiger partial charge in [-0.2, -0.15) is 0 Å². The second kappa shape index (κ2) is 4.57. The fourth-order valence-corrected chi connectivity index (χ4v) is 2.74. The predicted octanol–water partition coefficient (Wildman–Crippen LogP) is 0.847. The number of benzene rings is 1. The lowest BCUT2D eigenvalue weighted by Gasteiger charge is -2.20. The summed E-state index contributed by atoms with van der Waals surface area (Å²) in [6.45, 7) is 2.32. The van der Waals surface area contributed by atoms with Crippen LogP contribution in [0.5, 0.6) is 0 Å². The molecule has 0 unspecified atom stereocenters. The molecule has 0 aromatic heterocycles. The van der Waals surface area contributed by atoms with Crippen molar-refractivity contribution in [3.05, 3.63) is 29.3 Å². The molecule has 0 spiro atoms. The number of likely N-dealkylation sites (tertiary alicyclic amines) is 1. The van der Waals surface area contributed by atoms with Gasteiger partial charge in [-0.25, -0.2) is 0 Å². The Kier molecular flexibility index (Phi) is 2.89. The number of carbonyl (C=O) groups is 2. The van der Waals surface area contributed by atoms with Crippen molar-refractivity contribution in [2.75, 3.05) is 25.4 Å². The number of anilines is 1. The van der Waals surface area contributed by atoms with Crippen molar-refractivity contribution >= 4 is 17.5 Å². The van der Waals surface area contributed by atoms with Crippen molar-refractivity contribution in [1.82, 2.24) is 9.80 Å². The van der Waals surface area contributed by atoms with Crippen molar-refractivity contribution in [1.29, 1.82) is 0 Å². The molecule has 2 aliphatic heterocycles. The molecule has 0 atom stereocenters. The Morgan fingerprint density at radius 3 is 2.74 bits per heavy atom. The zero-order valence-electron chi connectivity index (χ0n) is 10.8. The van der Waals surface area contributed by atoms with Gasteiger partial charge in [-0.15, -0.1) is 0 Å². The minimum Gasteiger partial charge on any atom is -0.399 e. The first-order valence-electron chi connectivity index (χ1n) is 6.60. The molecule has 1 aromatic rings. The number of nitrogens with zero attached hydrogens (tertiary/aromatic N) is 2. The molecule has 5 heteroatoms. The number of amides is 2. The van der Waals surface area contributed by atoms with Gasteiger partial charge in [0, 0.05) is 30.9 Å². The Balaban J connectivity index is 1.71. The van der Waals surface area contributed by atoms with Crippen molar-refractivity contribution in [2.24, 2.45) is 0 Å². The summed E-state index contributed by atoms with van der Waals surface area (Å²) >= 11 is 0. The topological polar surface area (TPSA) is 66.6 Å². The van der Waals surface area contributed by atoms with Gasteiger partial charge in [0.25, 0.3) is 5.91 Å². The van der Waals surface area contributed by atoms with Crippen LogP contribution in [0.15, 0.2) is 18.2 Å². The van der Waals surface area contributed by atoms with Crippen LogP contribution in [0, 0.1) is 0 Å². The van der Waals surface area contributed by atoms with Gasteiger partial charge in [-0.05, 0) is 30.5 Å². The molecule has 2 heterocycles. The summed E-state index contributed by atoms with van der Waals surface area (Å²) in [6, 6.07) is 5.35. The monoisotopic (exact) mass is 259 g/mol. The van der Waals surface area contributed by atoms with Gasteiger partial charge in [0.05, 0.1) is 0 Å². The molecule has 2 aliphatic rings. The van der Waals surface area contributed by atoms with E-state index in [1.54, 1.807) is 17.0 Å². The molecule has 0 saturated carbocycles. The zero-order chi connectivity index (χ0) is 13.4. The van der Waals surface area contributed by atoms with Gasteiger partial charge in [0.15, 0.2) is 0 Å². The fraction of sp³-hybridized carbons (Fsp3) is 0.429. The maximum absolute atomic E-state index is 12.2. The number of carbonyl (C=O) groups excluding carboxylic acids is 2. The standard InChI is InChI=1S/C14H17N3O2/c15-11-4-3-10-8-17(14(19)12(10)7-11)9-13(18)16-5-1-2-6-16/h3-4,7H,1-2,5-6,8-9,15H2. The Hall–Kier alpha value is -2.04. The highest BCUT2D eigenvalue weighted by molar-refractivity contribution is 6.00. The molecule has 1 saturated heterocycles. The Morgan fingerprint density at radius 2 is 2.00 bits per heavy atom. The molecule has 5 nitrogen and oxygen atoms in total. The lowest BCUT2D eigenvalue weighted by Crippen LogP contribution is -2.39. The summed E-state index contributed by atoms with van der Waals surface area (Å²) in [5, 5.41) is 0. The third-order valence-electron chi connectivity index (χ3n) is 3.80. The van der Waals surface area contributed by atoms with Crippen LogP contribution >= 0.6 is 0 Å². The van der Waals surface area contributed by atoms with Gasteiger partial charge >= 0.3 is 0 Å². The van der Waals surface area contributed by atoms with E-state index in [-0.39, 0.29) is 18.4 Å². The van der Waals surface area contributed by atoms with Gasteiger partial charge < -0.3 is 15.5 Å². The Bertz CT molecular complexity index is 535. The minimum atomic E-state index is -0.0881. The third-order valence-corrected chi connectivity index (χ3v) is 3.80.